The molecule has 112 valence electrons. The van der Waals surface area contributed by atoms with Gasteiger partial charge in [-0.15, -0.1) is 10.2 Å². The van der Waals surface area contributed by atoms with Crippen LogP contribution in [0.4, 0.5) is 0 Å². The summed E-state index contributed by atoms with van der Waals surface area (Å²) in [6, 6.07) is 15.8. The average Bonchev–Trinajstić information content (AvgIpc) is 3.05. The van der Waals surface area contributed by atoms with Crippen molar-refractivity contribution >= 4 is 22.7 Å². The van der Waals surface area contributed by atoms with Crippen molar-refractivity contribution in [3.8, 4) is 11.5 Å². The fourth-order valence-corrected chi connectivity index (χ4v) is 3.00. The van der Waals surface area contributed by atoms with Crippen LogP contribution in [0.15, 0.2) is 69.5 Å². The summed E-state index contributed by atoms with van der Waals surface area (Å²) >= 11 is 1.35. The largest absolute Gasteiger partial charge is 0.411 e. The molecular formula is C17H12N4OS. The lowest BCUT2D eigenvalue weighted by Crippen LogP contribution is -1.87. The molecule has 0 aliphatic heterocycles. The molecule has 0 atom stereocenters. The molecule has 0 N–H and O–H groups in total. The van der Waals surface area contributed by atoms with E-state index in [9.17, 15) is 0 Å². The van der Waals surface area contributed by atoms with E-state index in [0.29, 0.717) is 11.1 Å². The van der Waals surface area contributed by atoms with Crippen molar-refractivity contribution in [1.82, 2.24) is 20.2 Å². The van der Waals surface area contributed by atoms with Crippen molar-refractivity contribution in [1.29, 1.82) is 0 Å². The van der Waals surface area contributed by atoms with Crippen LogP contribution in [-0.4, -0.2) is 20.2 Å². The van der Waals surface area contributed by atoms with E-state index in [2.05, 4.69) is 26.2 Å². The van der Waals surface area contributed by atoms with Crippen LogP contribution in [0.3, 0.4) is 0 Å². The lowest BCUT2D eigenvalue weighted by molar-refractivity contribution is 0.465. The fourth-order valence-electron chi connectivity index (χ4n) is 2.26. The molecule has 0 amide bonds. The van der Waals surface area contributed by atoms with Gasteiger partial charge in [-0.3, -0.25) is 0 Å². The van der Waals surface area contributed by atoms with Crippen LogP contribution in [0, 0.1) is 6.92 Å². The summed E-state index contributed by atoms with van der Waals surface area (Å²) in [6.45, 7) is 2.04. The molecule has 23 heavy (non-hydrogen) atoms. The van der Waals surface area contributed by atoms with Crippen molar-refractivity contribution < 1.29 is 4.42 Å². The van der Waals surface area contributed by atoms with E-state index in [-0.39, 0.29) is 0 Å². The second-order valence-electron chi connectivity index (χ2n) is 5.04. The molecule has 0 unspecified atom stereocenters. The number of nitrogens with zero attached hydrogens (tertiary/aromatic N) is 4. The first-order valence-electron chi connectivity index (χ1n) is 7.08. The van der Waals surface area contributed by atoms with E-state index in [1.165, 1.54) is 11.8 Å². The van der Waals surface area contributed by atoms with Crippen LogP contribution in [0.5, 0.6) is 0 Å². The lowest BCUT2D eigenvalue weighted by atomic mass is 10.2. The SMILES string of the molecule is Cc1ccc2ncnc(Sc3nnc(-c4ccccc4)o3)c2c1. The summed E-state index contributed by atoms with van der Waals surface area (Å²) < 4.78 is 5.73. The molecule has 0 aliphatic rings. The molecule has 0 saturated heterocycles. The van der Waals surface area contributed by atoms with Crippen LogP contribution in [0.1, 0.15) is 5.56 Å². The normalized spacial score (nSPS) is 11.0. The molecule has 0 aliphatic carbocycles. The Morgan fingerprint density at radius 2 is 1.83 bits per heavy atom. The summed E-state index contributed by atoms with van der Waals surface area (Å²) in [5.74, 6) is 0.502. The second-order valence-corrected chi connectivity index (χ2v) is 5.98. The van der Waals surface area contributed by atoms with Crippen molar-refractivity contribution in [2.45, 2.75) is 17.2 Å². The van der Waals surface area contributed by atoms with Crippen molar-refractivity contribution in [2.24, 2.45) is 0 Å². The predicted molar refractivity (Wildman–Crippen MR) is 88.1 cm³/mol. The van der Waals surface area contributed by atoms with Gasteiger partial charge in [0.15, 0.2) is 0 Å². The first-order valence-corrected chi connectivity index (χ1v) is 7.89. The Bertz CT molecular complexity index is 969. The molecule has 0 fully saturated rings. The van der Waals surface area contributed by atoms with Crippen LogP contribution in [0.2, 0.25) is 0 Å². The first kappa shape index (κ1) is 13.9. The smallest absolute Gasteiger partial charge is 0.283 e. The van der Waals surface area contributed by atoms with E-state index in [0.717, 1.165) is 27.1 Å². The maximum atomic E-state index is 5.73. The molecule has 4 rings (SSSR count). The van der Waals surface area contributed by atoms with Gasteiger partial charge >= 0.3 is 0 Å². The quantitative estimate of drug-likeness (QED) is 0.529. The van der Waals surface area contributed by atoms with Gasteiger partial charge in [-0.05, 0) is 43.0 Å². The number of rotatable bonds is 3. The molecule has 2 aromatic heterocycles. The number of aromatic nitrogens is 4. The maximum absolute atomic E-state index is 5.73. The minimum absolute atomic E-state index is 0.463. The zero-order valence-electron chi connectivity index (χ0n) is 12.3. The number of benzene rings is 2. The molecule has 0 spiro atoms. The Kier molecular flexibility index (Phi) is 3.51. The van der Waals surface area contributed by atoms with E-state index in [1.54, 1.807) is 6.33 Å². The van der Waals surface area contributed by atoms with Crippen LogP contribution >= 0.6 is 11.8 Å². The molecular weight excluding hydrogens is 308 g/mol. The topological polar surface area (TPSA) is 64.7 Å². The van der Waals surface area contributed by atoms with Gasteiger partial charge < -0.3 is 4.42 Å². The van der Waals surface area contributed by atoms with E-state index in [1.807, 2.05) is 49.4 Å². The highest BCUT2D eigenvalue weighted by Crippen LogP contribution is 2.32. The zero-order chi connectivity index (χ0) is 15.6. The number of hydrogen-bond acceptors (Lipinski definition) is 6. The van der Waals surface area contributed by atoms with Gasteiger partial charge in [-0.1, -0.05) is 29.8 Å². The highest BCUT2D eigenvalue weighted by Gasteiger charge is 2.12. The van der Waals surface area contributed by atoms with Gasteiger partial charge in [-0.2, -0.15) is 0 Å². The number of fused-ring (bicyclic) bond motifs is 1. The second kappa shape index (κ2) is 5.81. The maximum Gasteiger partial charge on any atom is 0.283 e. The lowest BCUT2D eigenvalue weighted by Gasteiger charge is -2.02. The molecule has 6 heteroatoms. The molecule has 4 aromatic rings. The van der Waals surface area contributed by atoms with Crippen LogP contribution in [0.25, 0.3) is 22.4 Å². The zero-order valence-corrected chi connectivity index (χ0v) is 13.1. The van der Waals surface area contributed by atoms with Crippen molar-refractivity contribution in [3.05, 3.63) is 60.4 Å². The number of aryl methyl sites for hydroxylation is 1. The third kappa shape index (κ3) is 2.80. The molecule has 0 saturated carbocycles. The average molecular weight is 320 g/mol. The minimum Gasteiger partial charge on any atom is -0.411 e. The molecule has 2 aromatic carbocycles. The Morgan fingerprint density at radius 3 is 2.70 bits per heavy atom. The summed E-state index contributed by atoms with van der Waals surface area (Å²) in [7, 11) is 0. The summed E-state index contributed by atoms with van der Waals surface area (Å²) in [5.41, 5.74) is 2.95. The molecule has 0 radical (unpaired) electrons. The predicted octanol–water partition coefficient (Wildman–Crippen LogP) is 4.14. The summed E-state index contributed by atoms with van der Waals surface area (Å²) in [4.78, 5) is 8.64. The minimum atomic E-state index is 0.463. The van der Waals surface area contributed by atoms with Crippen LogP contribution < -0.4 is 0 Å². The van der Waals surface area contributed by atoms with E-state index >= 15 is 0 Å². The monoisotopic (exact) mass is 320 g/mol. The highest BCUT2D eigenvalue weighted by atomic mass is 32.2. The van der Waals surface area contributed by atoms with Gasteiger partial charge in [0.05, 0.1) is 5.52 Å². The summed E-state index contributed by atoms with van der Waals surface area (Å²) in [6.07, 6.45) is 1.55. The fraction of sp³-hybridized carbons (Fsp3) is 0.0588. The van der Waals surface area contributed by atoms with Gasteiger partial charge in [0.1, 0.15) is 11.4 Å². The Morgan fingerprint density at radius 1 is 0.957 bits per heavy atom. The Labute approximate surface area is 136 Å². The van der Waals surface area contributed by atoms with Crippen molar-refractivity contribution in [3.63, 3.8) is 0 Å². The number of hydrogen-bond donors (Lipinski definition) is 0. The third-order valence-electron chi connectivity index (χ3n) is 3.37. The van der Waals surface area contributed by atoms with Crippen molar-refractivity contribution in [2.75, 3.05) is 0 Å². The highest BCUT2D eigenvalue weighted by molar-refractivity contribution is 7.99. The molecule has 0 bridgehead atoms. The van der Waals surface area contributed by atoms with E-state index < -0.39 is 0 Å². The standard InChI is InChI=1S/C17H12N4OS/c1-11-7-8-14-13(9-11)16(19-10-18-14)23-17-21-20-15(22-17)12-5-3-2-4-6-12/h2-10H,1H3. The summed E-state index contributed by atoms with van der Waals surface area (Å²) in [5, 5.41) is 10.5. The van der Waals surface area contributed by atoms with Gasteiger partial charge in [0.2, 0.25) is 5.89 Å². The first-order chi connectivity index (χ1) is 11.3. The van der Waals surface area contributed by atoms with Crippen LogP contribution in [-0.2, 0) is 0 Å². The van der Waals surface area contributed by atoms with Gasteiger partial charge in [-0.25, -0.2) is 9.97 Å². The van der Waals surface area contributed by atoms with E-state index in [4.69, 9.17) is 4.42 Å². The Balaban J connectivity index is 1.69. The molecule has 5 nitrogen and oxygen atoms in total. The van der Waals surface area contributed by atoms with Gasteiger partial charge in [0.25, 0.3) is 5.22 Å². The van der Waals surface area contributed by atoms with Gasteiger partial charge in [0, 0.05) is 10.9 Å². The Hall–Kier alpha value is -2.73. The molecule has 2 heterocycles. The third-order valence-corrected chi connectivity index (χ3v) is 4.22.